The van der Waals surface area contributed by atoms with Gasteiger partial charge in [0.1, 0.15) is 11.4 Å². The van der Waals surface area contributed by atoms with Crippen molar-refractivity contribution in [2.75, 3.05) is 20.8 Å². The molecule has 0 aliphatic heterocycles. The first-order chi connectivity index (χ1) is 14.1. The van der Waals surface area contributed by atoms with Gasteiger partial charge < -0.3 is 14.2 Å². The molecule has 0 aliphatic rings. The molecule has 8 heteroatoms. The maximum absolute atomic E-state index is 13.0. The third kappa shape index (κ3) is 4.59. The zero-order valence-electron chi connectivity index (χ0n) is 16.8. The lowest BCUT2D eigenvalue weighted by atomic mass is 10.1. The summed E-state index contributed by atoms with van der Waals surface area (Å²) in [6.45, 7) is 2.29. The number of aromatic nitrogens is 2. The van der Waals surface area contributed by atoms with E-state index in [9.17, 15) is 9.59 Å². The van der Waals surface area contributed by atoms with E-state index < -0.39 is 5.97 Å². The Hall–Kier alpha value is -2.87. The number of methoxy groups -OCH3 is 2. The van der Waals surface area contributed by atoms with Crippen LogP contribution in [-0.4, -0.2) is 36.3 Å². The lowest BCUT2D eigenvalue weighted by Crippen LogP contribution is -2.25. The summed E-state index contributed by atoms with van der Waals surface area (Å²) in [5, 5.41) is 2.36. The van der Waals surface area contributed by atoms with Crippen LogP contribution in [0.5, 0.6) is 11.5 Å². The summed E-state index contributed by atoms with van der Waals surface area (Å²) in [5.41, 5.74) is 1.29. The van der Waals surface area contributed by atoms with Gasteiger partial charge in [-0.05, 0) is 24.1 Å². The lowest BCUT2D eigenvalue weighted by Gasteiger charge is -2.10. The monoisotopic (exact) mass is 416 g/mol. The van der Waals surface area contributed by atoms with E-state index in [0.29, 0.717) is 28.3 Å². The number of thiophene rings is 1. The summed E-state index contributed by atoms with van der Waals surface area (Å²) < 4.78 is 17.2. The molecule has 0 radical (unpaired) electrons. The summed E-state index contributed by atoms with van der Waals surface area (Å²) >= 11 is 1.38. The molecule has 0 saturated heterocycles. The van der Waals surface area contributed by atoms with E-state index >= 15 is 0 Å². The molecule has 3 aromatic rings. The largest absolute Gasteiger partial charge is 0.493 e. The van der Waals surface area contributed by atoms with Gasteiger partial charge in [0, 0.05) is 10.9 Å². The van der Waals surface area contributed by atoms with Crippen molar-refractivity contribution >= 4 is 27.5 Å². The van der Waals surface area contributed by atoms with Crippen LogP contribution in [-0.2, 0) is 16.1 Å². The SMILES string of the molecule is CCCCCOC(=O)Cn1cnc2scc(-c3ccc(OC)c(OC)c3)c2c1=O. The number of ether oxygens (including phenoxy) is 3. The third-order valence-corrected chi connectivity index (χ3v) is 5.45. The minimum absolute atomic E-state index is 0.158. The van der Waals surface area contributed by atoms with Crippen LogP contribution in [0.25, 0.3) is 21.3 Å². The Balaban J connectivity index is 1.91. The van der Waals surface area contributed by atoms with Crippen molar-refractivity contribution in [2.45, 2.75) is 32.7 Å². The predicted octanol–water partition coefficient (Wildman–Crippen LogP) is 3.88. The molecule has 2 aromatic heterocycles. The number of carbonyl (C=O) groups is 1. The van der Waals surface area contributed by atoms with Crippen LogP contribution in [0, 0.1) is 0 Å². The van der Waals surface area contributed by atoms with E-state index in [0.717, 1.165) is 30.4 Å². The molecule has 0 aliphatic carbocycles. The quantitative estimate of drug-likeness (QED) is 0.389. The Morgan fingerprint density at radius 1 is 1.17 bits per heavy atom. The van der Waals surface area contributed by atoms with Crippen molar-refractivity contribution < 1.29 is 19.0 Å². The van der Waals surface area contributed by atoms with Crippen molar-refractivity contribution in [1.82, 2.24) is 9.55 Å². The van der Waals surface area contributed by atoms with Crippen molar-refractivity contribution in [1.29, 1.82) is 0 Å². The van der Waals surface area contributed by atoms with Gasteiger partial charge in [-0.25, -0.2) is 4.98 Å². The second kappa shape index (κ2) is 9.56. The zero-order chi connectivity index (χ0) is 20.8. The van der Waals surface area contributed by atoms with Gasteiger partial charge in [0.25, 0.3) is 5.56 Å². The number of rotatable bonds is 9. The molecular weight excluding hydrogens is 392 g/mol. The molecule has 3 rings (SSSR count). The smallest absolute Gasteiger partial charge is 0.326 e. The zero-order valence-corrected chi connectivity index (χ0v) is 17.6. The highest BCUT2D eigenvalue weighted by molar-refractivity contribution is 7.17. The maximum atomic E-state index is 13.0. The summed E-state index contributed by atoms with van der Waals surface area (Å²) in [4.78, 5) is 30.1. The van der Waals surface area contributed by atoms with E-state index in [1.54, 1.807) is 20.3 Å². The molecule has 0 N–H and O–H groups in total. The van der Waals surface area contributed by atoms with E-state index in [1.807, 2.05) is 17.5 Å². The molecule has 154 valence electrons. The average Bonchev–Trinajstić information content (AvgIpc) is 3.17. The fraction of sp³-hybridized carbons (Fsp3) is 0.381. The number of carbonyl (C=O) groups excluding carboxylic acids is 1. The van der Waals surface area contributed by atoms with Gasteiger partial charge in [-0.15, -0.1) is 11.3 Å². The van der Waals surface area contributed by atoms with Crippen LogP contribution >= 0.6 is 11.3 Å². The van der Waals surface area contributed by atoms with Gasteiger partial charge in [0.15, 0.2) is 11.5 Å². The Labute approximate surface area is 172 Å². The number of hydrogen-bond donors (Lipinski definition) is 0. The minimum Gasteiger partial charge on any atom is -0.493 e. The molecule has 0 unspecified atom stereocenters. The average molecular weight is 416 g/mol. The van der Waals surface area contributed by atoms with Crippen molar-refractivity contribution in [3.8, 4) is 22.6 Å². The van der Waals surface area contributed by atoms with Crippen LogP contribution < -0.4 is 15.0 Å². The molecule has 0 fully saturated rings. The first-order valence-electron chi connectivity index (χ1n) is 9.43. The highest BCUT2D eigenvalue weighted by Crippen LogP contribution is 2.36. The molecule has 0 amide bonds. The van der Waals surface area contributed by atoms with Gasteiger partial charge in [0.2, 0.25) is 0 Å². The Bertz CT molecular complexity index is 1060. The van der Waals surface area contributed by atoms with Crippen molar-refractivity contribution in [2.24, 2.45) is 0 Å². The van der Waals surface area contributed by atoms with Crippen molar-refractivity contribution in [3.63, 3.8) is 0 Å². The maximum Gasteiger partial charge on any atom is 0.326 e. The summed E-state index contributed by atoms with van der Waals surface area (Å²) in [6, 6.07) is 5.47. The van der Waals surface area contributed by atoms with E-state index in [-0.39, 0.29) is 12.1 Å². The Morgan fingerprint density at radius 3 is 2.69 bits per heavy atom. The van der Waals surface area contributed by atoms with E-state index in [1.165, 1.54) is 22.2 Å². The van der Waals surface area contributed by atoms with Gasteiger partial charge in [0.05, 0.1) is 32.5 Å². The Morgan fingerprint density at radius 2 is 1.97 bits per heavy atom. The Kier molecular flexibility index (Phi) is 6.87. The standard InChI is InChI=1S/C21H24N2O5S/c1-4-5-6-9-28-18(24)11-23-13-22-20-19(21(23)25)15(12-29-20)14-7-8-16(26-2)17(10-14)27-3/h7-8,10,12-13H,4-6,9,11H2,1-3H3. The molecule has 0 atom stereocenters. The number of hydrogen-bond acceptors (Lipinski definition) is 7. The first kappa shape index (κ1) is 20.9. The predicted molar refractivity (Wildman–Crippen MR) is 113 cm³/mol. The van der Waals surface area contributed by atoms with Gasteiger partial charge in [-0.2, -0.15) is 0 Å². The lowest BCUT2D eigenvalue weighted by molar-refractivity contribution is -0.144. The molecule has 29 heavy (non-hydrogen) atoms. The van der Waals surface area contributed by atoms with Crippen LogP contribution in [0.4, 0.5) is 0 Å². The van der Waals surface area contributed by atoms with Crippen LogP contribution in [0.1, 0.15) is 26.2 Å². The van der Waals surface area contributed by atoms with E-state index in [4.69, 9.17) is 14.2 Å². The van der Waals surface area contributed by atoms with E-state index in [2.05, 4.69) is 11.9 Å². The number of nitrogens with zero attached hydrogens (tertiary/aromatic N) is 2. The number of esters is 1. The highest BCUT2D eigenvalue weighted by atomic mass is 32.1. The van der Waals surface area contributed by atoms with Crippen LogP contribution in [0.2, 0.25) is 0 Å². The third-order valence-electron chi connectivity index (χ3n) is 4.57. The number of unbranched alkanes of at least 4 members (excludes halogenated alkanes) is 2. The molecule has 0 saturated carbocycles. The second-order valence-electron chi connectivity index (χ2n) is 6.50. The molecule has 0 bridgehead atoms. The fourth-order valence-corrected chi connectivity index (χ4v) is 3.93. The van der Waals surface area contributed by atoms with Gasteiger partial charge in [-0.3, -0.25) is 14.2 Å². The molecule has 0 spiro atoms. The number of benzene rings is 1. The second-order valence-corrected chi connectivity index (χ2v) is 7.36. The minimum atomic E-state index is -0.438. The van der Waals surface area contributed by atoms with Gasteiger partial charge >= 0.3 is 5.97 Å². The molecule has 2 heterocycles. The fourth-order valence-electron chi connectivity index (χ4n) is 3.02. The highest BCUT2D eigenvalue weighted by Gasteiger charge is 2.16. The summed E-state index contributed by atoms with van der Waals surface area (Å²) in [5.74, 6) is 0.744. The number of fused-ring (bicyclic) bond motifs is 1. The topological polar surface area (TPSA) is 79.7 Å². The molecular formula is C21H24N2O5S. The first-order valence-corrected chi connectivity index (χ1v) is 10.3. The van der Waals surface area contributed by atoms with Crippen LogP contribution in [0.3, 0.4) is 0 Å². The van der Waals surface area contributed by atoms with Gasteiger partial charge in [-0.1, -0.05) is 25.8 Å². The normalized spacial score (nSPS) is 10.9. The molecule has 7 nitrogen and oxygen atoms in total. The van der Waals surface area contributed by atoms with Crippen LogP contribution in [0.15, 0.2) is 34.7 Å². The molecule has 1 aromatic carbocycles. The summed E-state index contributed by atoms with van der Waals surface area (Å²) in [7, 11) is 3.13. The van der Waals surface area contributed by atoms with Crippen molar-refractivity contribution in [3.05, 3.63) is 40.3 Å². The summed E-state index contributed by atoms with van der Waals surface area (Å²) in [6.07, 6.45) is 4.27.